The van der Waals surface area contributed by atoms with Crippen LogP contribution in [0, 0.1) is 6.92 Å². The van der Waals surface area contributed by atoms with Crippen molar-refractivity contribution in [2.24, 2.45) is 0 Å². The van der Waals surface area contributed by atoms with Crippen LogP contribution < -0.4 is 10.1 Å². The van der Waals surface area contributed by atoms with Crippen LogP contribution in [0.15, 0.2) is 72.8 Å². The Morgan fingerprint density at radius 3 is 2.51 bits per heavy atom. The molecule has 1 atom stereocenters. The van der Waals surface area contributed by atoms with Crippen LogP contribution in [0.5, 0.6) is 5.75 Å². The maximum absolute atomic E-state index is 13.5. The molecule has 8 nitrogen and oxygen atoms in total. The molecule has 1 aromatic heterocycles. The van der Waals surface area contributed by atoms with Gasteiger partial charge in [-0.15, -0.1) is 0 Å². The number of carbonyl (C=O) groups excluding carboxylic acids is 2. The molecule has 3 aromatic carbocycles. The number of rotatable bonds is 9. The molecule has 0 saturated carbocycles. The zero-order valence-corrected chi connectivity index (χ0v) is 25.8. The van der Waals surface area contributed by atoms with Gasteiger partial charge >= 0.3 is 0 Å². The van der Waals surface area contributed by atoms with Gasteiger partial charge in [0.15, 0.2) is 0 Å². The van der Waals surface area contributed by atoms with Crippen molar-refractivity contribution in [2.75, 3.05) is 60.5 Å². The molecular weight excluding hydrogens is 538 g/mol. The number of piperazine rings is 1. The largest absolute Gasteiger partial charge is 0.492 e. The second-order valence-corrected chi connectivity index (χ2v) is 11.6. The first-order valence-corrected chi connectivity index (χ1v) is 14.9. The fourth-order valence-electron chi connectivity index (χ4n) is 5.35. The number of amides is 2. The molecule has 0 aliphatic carbocycles. The Labute approximate surface area is 254 Å². The standard InChI is InChI=1S/C35H41N5O3/c1-24-13-14-28(43-20-19-38(3)4)22-30(24)34(41)36-25(2)31-23-33(37-32-12-7-6-11-29(31)32)26-9-8-10-27(21-26)35(42)40-17-15-39(5)16-18-40/h6-14,21-23,25H,15-20H2,1-5H3,(H,36,41)/t25-/m1/s1. The summed E-state index contributed by atoms with van der Waals surface area (Å²) >= 11 is 0. The summed E-state index contributed by atoms with van der Waals surface area (Å²) in [5.41, 5.74) is 5.54. The Kier molecular flexibility index (Phi) is 9.38. The third-order valence-corrected chi connectivity index (χ3v) is 8.02. The Morgan fingerprint density at radius 1 is 0.977 bits per heavy atom. The second-order valence-electron chi connectivity index (χ2n) is 11.6. The molecule has 224 valence electrons. The van der Waals surface area contributed by atoms with Gasteiger partial charge in [-0.1, -0.05) is 36.4 Å². The number of fused-ring (bicyclic) bond motifs is 1. The minimum absolute atomic E-state index is 0.0416. The van der Waals surface area contributed by atoms with E-state index in [9.17, 15) is 9.59 Å². The normalized spacial score (nSPS) is 14.6. The van der Waals surface area contributed by atoms with Crippen LogP contribution in [-0.4, -0.2) is 92.0 Å². The molecular formula is C35H41N5O3. The third-order valence-electron chi connectivity index (χ3n) is 8.02. The molecule has 2 heterocycles. The van der Waals surface area contributed by atoms with Gasteiger partial charge in [-0.2, -0.15) is 0 Å². The Morgan fingerprint density at radius 2 is 1.74 bits per heavy atom. The summed E-state index contributed by atoms with van der Waals surface area (Å²) in [4.78, 5) is 38.0. The first kappa shape index (κ1) is 30.2. The number of aryl methyl sites for hydroxylation is 1. The summed E-state index contributed by atoms with van der Waals surface area (Å²) in [6.07, 6.45) is 0. The lowest BCUT2D eigenvalue weighted by Gasteiger charge is -2.32. The van der Waals surface area contributed by atoms with Crippen LogP contribution in [0.2, 0.25) is 0 Å². The van der Waals surface area contributed by atoms with Crippen LogP contribution >= 0.6 is 0 Å². The Balaban J connectivity index is 1.41. The van der Waals surface area contributed by atoms with Gasteiger partial charge in [-0.3, -0.25) is 9.59 Å². The fraction of sp³-hybridized carbons (Fsp3) is 0.343. The van der Waals surface area contributed by atoms with Gasteiger partial charge in [-0.05, 0) is 82.5 Å². The number of hydrogen-bond donors (Lipinski definition) is 1. The van der Waals surface area contributed by atoms with E-state index in [0.29, 0.717) is 23.5 Å². The van der Waals surface area contributed by atoms with Crippen molar-refractivity contribution in [2.45, 2.75) is 19.9 Å². The van der Waals surface area contributed by atoms with Crippen LogP contribution in [-0.2, 0) is 0 Å². The molecule has 4 aromatic rings. The van der Waals surface area contributed by atoms with Crippen molar-refractivity contribution in [1.29, 1.82) is 0 Å². The molecule has 43 heavy (non-hydrogen) atoms. The quantitative estimate of drug-likeness (QED) is 0.300. The van der Waals surface area contributed by atoms with Gasteiger partial charge < -0.3 is 24.8 Å². The van der Waals surface area contributed by atoms with Crippen molar-refractivity contribution in [3.63, 3.8) is 0 Å². The van der Waals surface area contributed by atoms with Gasteiger partial charge in [0.05, 0.1) is 17.3 Å². The van der Waals surface area contributed by atoms with Crippen LogP contribution in [0.3, 0.4) is 0 Å². The summed E-state index contributed by atoms with van der Waals surface area (Å²) in [7, 11) is 6.07. The van der Waals surface area contributed by atoms with E-state index in [-0.39, 0.29) is 17.9 Å². The van der Waals surface area contributed by atoms with Gasteiger partial charge in [0.2, 0.25) is 0 Å². The number of likely N-dealkylation sites (N-methyl/N-ethyl adjacent to an activating group) is 2. The molecule has 0 bridgehead atoms. The molecule has 5 rings (SSSR count). The highest BCUT2D eigenvalue weighted by molar-refractivity contribution is 5.97. The smallest absolute Gasteiger partial charge is 0.253 e. The second kappa shape index (κ2) is 13.4. The van der Waals surface area contributed by atoms with E-state index < -0.39 is 0 Å². The zero-order valence-electron chi connectivity index (χ0n) is 25.8. The predicted molar refractivity (Wildman–Crippen MR) is 172 cm³/mol. The highest BCUT2D eigenvalue weighted by Gasteiger charge is 2.22. The van der Waals surface area contributed by atoms with Crippen LogP contribution in [0.25, 0.3) is 22.2 Å². The van der Waals surface area contributed by atoms with Crippen LogP contribution in [0.1, 0.15) is 44.8 Å². The van der Waals surface area contributed by atoms with E-state index >= 15 is 0 Å². The molecule has 1 aliphatic rings. The lowest BCUT2D eigenvalue weighted by molar-refractivity contribution is 0.0664. The monoisotopic (exact) mass is 579 g/mol. The first-order chi connectivity index (χ1) is 20.7. The summed E-state index contributed by atoms with van der Waals surface area (Å²) in [6, 6.07) is 23.0. The topological polar surface area (TPSA) is 78.0 Å². The maximum atomic E-state index is 13.5. The predicted octanol–water partition coefficient (Wildman–Crippen LogP) is 5.03. The molecule has 0 unspecified atom stereocenters. The molecule has 1 N–H and O–H groups in total. The average molecular weight is 580 g/mol. The van der Waals surface area contributed by atoms with Gasteiger partial charge in [0, 0.05) is 54.8 Å². The summed E-state index contributed by atoms with van der Waals surface area (Å²) < 4.78 is 5.89. The number of para-hydroxylation sites is 1. The molecule has 2 amide bonds. The summed E-state index contributed by atoms with van der Waals surface area (Å²) in [5, 5.41) is 4.18. The number of pyridine rings is 1. The number of nitrogens with one attached hydrogen (secondary N) is 1. The number of nitrogens with zero attached hydrogens (tertiary/aromatic N) is 4. The van der Waals surface area contributed by atoms with Crippen molar-refractivity contribution >= 4 is 22.7 Å². The van der Waals surface area contributed by atoms with Gasteiger partial charge in [-0.25, -0.2) is 4.98 Å². The van der Waals surface area contributed by atoms with E-state index in [1.165, 1.54) is 0 Å². The van der Waals surface area contributed by atoms with Crippen LogP contribution in [0.4, 0.5) is 0 Å². The SMILES string of the molecule is Cc1ccc(OCCN(C)C)cc1C(=O)N[C@H](C)c1cc(-c2cccc(C(=O)N3CCN(C)CC3)c2)nc2ccccc12. The zero-order chi connectivity index (χ0) is 30.5. The molecule has 1 fully saturated rings. The molecule has 0 radical (unpaired) electrons. The molecule has 1 saturated heterocycles. The van der Waals surface area contributed by atoms with E-state index in [0.717, 1.165) is 66.0 Å². The lowest BCUT2D eigenvalue weighted by atomic mass is 9.98. The number of ether oxygens (including phenoxy) is 1. The van der Waals surface area contributed by atoms with E-state index in [2.05, 4.69) is 22.2 Å². The average Bonchev–Trinajstić information content (AvgIpc) is 3.01. The molecule has 0 spiro atoms. The Hall–Kier alpha value is -4.27. The van der Waals surface area contributed by atoms with Crippen molar-refractivity contribution in [3.8, 4) is 17.0 Å². The van der Waals surface area contributed by atoms with Crippen molar-refractivity contribution < 1.29 is 14.3 Å². The maximum Gasteiger partial charge on any atom is 0.253 e. The lowest BCUT2D eigenvalue weighted by Crippen LogP contribution is -2.47. The van der Waals surface area contributed by atoms with Crippen molar-refractivity contribution in [1.82, 2.24) is 25.0 Å². The minimum Gasteiger partial charge on any atom is -0.492 e. The van der Waals surface area contributed by atoms with Gasteiger partial charge in [0.25, 0.3) is 11.8 Å². The third kappa shape index (κ3) is 7.21. The first-order valence-electron chi connectivity index (χ1n) is 14.9. The highest BCUT2D eigenvalue weighted by atomic mass is 16.5. The van der Waals surface area contributed by atoms with Gasteiger partial charge in [0.1, 0.15) is 12.4 Å². The number of aromatic nitrogens is 1. The summed E-state index contributed by atoms with van der Waals surface area (Å²) in [6.45, 7) is 8.44. The minimum atomic E-state index is -0.299. The molecule has 8 heteroatoms. The fourth-order valence-corrected chi connectivity index (χ4v) is 5.35. The van der Waals surface area contributed by atoms with E-state index in [1.807, 2.05) is 106 Å². The van der Waals surface area contributed by atoms with E-state index in [1.54, 1.807) is 0 Å². The number of hydrogen-bond acceptors (Lipinski definition) is 6. The number of carbonyl (C=O) groups is 2. The molecule has 1 aliphatic heterocycles. The van der Waals surface area contributed by atoms with E-state index in [4.69, 9.17) is 9.72 Å². The summed E-state index contributed by atoms with van der Waals surface area (Å²) in [5.74, 6) is 0.554. The highest BCUT2D eigenvalue weighted by Crippen LogP contribution is 2.30. The van der Waals surface area contributed by atoms with Crippen molar-refractivity contribution in [3.05, 3.63) is 95.1 Å². The Bertz CT molecular complexity index is 1610. The number of benzene rings is 3.